The first-order chi connectivity index (χ1) is 15.1. The van der Waals surface area contributed by atoms with Crippen molar-refractivity contribution in [2.24, 2.45) is 5.92 Å². The number of hydrogen-bond acceptors (Lipinski definition) is 4. The maximum atomic E-state index is 12.8. The van der Waals surface area contributed by atoms with Crippen LogP contribution in [0, 0.1) is 19.8 Å². The van der Waals surface area contributed by atoms with Crippen LogP contribution in [0.15, 0.2) is 42.6 Å². The molecule has 0 aliphatic carbocycles. The summed E-state index contributed by atoms with van der Waals surface area (Å²) in [6.07, 6.45) is 6.03. The van der Waals surface area contributed by atoms with Crippen LogP contribution < -0.4 is 4.90 Å². The highest BCUT2D eigenvalue weighted by molar-refractivity contribution is 5.76. The van der Waals surface area contributed by atoms with Crippen LogP contribution in [0.2, 0.25) is 0 Å². The summed E-state index contributed by atoms with van der Waals surface area (Å²) in [5.41, 5.74) is 4.14. The molecule has 0 saturated carbocycles. The Bertz CT molecular complexity index is 861. The van der Waals surface area contributed by atoms with Gasteiger partial charge in [0.25, 0.3) is 0 Å². The van der Waals surface area contributed by atoms with Crippen LogP contribution in [0.3, 0.4) is 0 Å². The van der Waals surface area contributed by atoms with Crippen LogP contribution in [-0.2, 0) is 11.3 Å². The fourth-order valence-electron chi connectivity index (χ4n) is 4.90. The lowest BCUT2D eigenvalue weighted by Gasteiger charge is -2.36. The van der Waals surface area contributed by atoms with E-state index in [-0.39, 0.29) is 0 Å². The Labute approximate surface area is 187 Å². The highest BCUT2D eigenvalue weighted by Crippen LogP contribution is 2.24. The number of carbonyl (C=O) groups is 1. The van der Waals surface area contributed by atoms with Crippen molar-refractivity contribution in [3.8, 4) is 0 Å². The smallest absolute Gasteiger partial charge is 0.222 e. The third kappa shape index (κ3) is 5.85. The topological polar surface area (TPSA) is 39.7 Å². The number of pyridine rings is 1. The van der Waals surface area contributed by atoms with Gasteiger partial charge in [-0.15, -0.1) is 0 Å². The lowest BCUT2D eigenvalue weighted by molar-refractivity contribution is -0.131. The second-order valence-electron chi connectivity index (χ2n) is 9.26. The molecule has 4 rings (SSSR count). The van der Waals surface area contributed by atoms with Crippen LogP contribution in [0.5, 0.6) is 0 Å². The maximum Gasteiger partial charge on any atom is 0.222 e. The highest BCUT2D eigenvalue weighted by Gasteiger charge is 2.24. The van der Waals surface area contributed by atoms with Gasteiger partial charge < -0.3 is 9.80 Å². The Morgan fingerprint density at radius 3 is 2.61 bits per heavy atom. The van der Waals surface area contributed by atoms with Crippen molar-refractivity contribution in [2.45, 2.75) is 46.1 Å². The number of amides is 1. The quantitative estimate of drug-likeness (QED) is 0.707. The van der Waals surface area contributed by atoms with E-state index >= 15 is 0 Å². The summed E-state index contributed by atoms with van der Waals surface area (Å²) in [6.45, 7) is 11.0. The van der Waals surface area contributed by atoms with E-state index < -0.39 is 0 Å². The van der Waals surface area contributed by atoms with Gasteiger partial charge in [0.05, 0.1) is 0 Å². The van der Waals surface area contributed by atoms with Crippen molar-refractivity contribution < 1.29 is 4.79 Å². The first-order valence-electron chi connectivity index (χ1n) is 11.8. The van der Waals surface area contributed by atoms with Gasteiger partial charge in [-0.1, -0.05) is 24.3 Å². The summed E-state index contributed by atoms with van der Waals surface area (Å²) in [7, 11) is 0. The first-order valence-corrected chi connectivity index (χ1v) is 11.8. The molecule has 1 aromatic carbocycles. The number of anilines is 1. The molecule has 0 unspecified atom stereocenters. The van der Waals surface area contributed by atoms with E-state index in [0.29, 0.717) is 18.2 Å². The van der Waals surface area contributed by atoms with Crippen molar-refractivity contribution in [2.75, 3.05) is 44.2 Å². The van der Waals surface area contributed by atoms with Gasteiger partial charge >= 0.3 is 0 Å². The Morgan fingerprint density at radius 2 is 1.87 bits per heavy atom. The lowest BCUT2D eigenvalue weighted by Crippen LogP contribution is -2.49. The number of benzene rings is 1. The number of piperazine rings is 1. The summed E-state index contributed by atoms with van der Waals surface area (Å²) in [5, 5.41) is 0. The normalized spacial score (nSPS) is 20.1. The van der Waals surface area contributed by atoms with Crippen LogP contribution in [0.25, 0.3) is 0 Å². The molecular formula is C26H36N4O. The van der Waals surface area contributed by atoms with E-state index in [2.05, 4.69) is 51.7 Å². The second kappa shape index (κ2) is 10.3. The third-order valence-corrected chi connectivity index (χ3v) is 6.95. The molecule has 0 radical (unpaired) electrons. The standard InChI is InChI=1S/C26H36N4O/c1-21-8-9-24(18-22(21)2)20-28-13-5-6-23(19-28)10-11-26(31)30-16-14-29(15-17-30)25-7-3-4-12-27-25/h3-4,7-9,12,18,23H,5-6,10-11,13-17,19-20H2,1-2H3/t23-/m0/s1. The molecular weight excluding hydrogens is 384 g/mol. The molecule has 1 atom stereocenters. The van der Waals surface area contributed by atoms with Crippen LogP contribution in [0.1, 0.15) is 42.4 Å². The molecule has 1 amide bonds. The zero-order valence-electron chi connectivity index (χ0n) is 19.1. The van der Waals surface area contributed by atoms with Gasteiger partial charge in [0.1, 0.15) is 5.82 Å². The molecule has 2 aliphatic rings. The van der Waals surface area contributed by atoms with E-state index in [9.17, 15) is 4.79 Å². The zero-order chi connectivity index (χ0) is 21.6. The fraction of sp³-hybridized carbons (Fsp3) is 0.538. The minimum absolute atomic E-state index is 0.326. The summed E-state index contributed by atoms with van der Waals surface area (Å²) in [5.74, 6) is 1.98. The number of piperidine rings is 1. The maximum absolute atomic E-state index is 12.8. The minimum Gasteiger partial charge on any atom is -0.353 e. The predicted molar refractivity (Wildman–Crippen MR) is 126 cm³/mol. The van der Waals surface area contributed by atoms with Crippen molar-refractivity contribution in [1.29, 1.82) is 0 Å². The largest absolute Gasteiger partial charge is 0.353 e. The predicted octanol–water partition coefficient (Wildman–Crippen LogP) is 4.04. The number of carbonyl (C=O) groups excluding carboxylic acids is 1. The molecule has 2 saturated heterocycles. The van der Waals surface area contributed by atoms with Gasteiger partial charge in [0, 0.05) is 51.9 Å². The van der Waals surface area contributed by atoms with E-state index in [1.165, 1.54) is 36.1 Å². The van der Waals surface area contributed by atoms with Crippen molar-refractivity contribution in [3.63, 3.8) is 0 Å². The molecule has 2 fully saturated rings. The lowest BCUT2D eigenvalue weighted by atomic mass is 9.92. The summed E-state index contributed by atoms with van der Waals surface area (Å²) in [4.78, 5) is 24.1. The molecule has 3 heterocycles. The van der Waals surface area contributed by atoms with Crippen molar-refractivity contribution >= 4 is 11.7 Å². The van der Waals surface area contributed by atoms with Gasteiger partial charge in [0.2, 0.25) is 5.91 Å². The molecule has 0 spiro atoms. The summed E-state index contributed by atoms with van der Waals surface area (Å²) < 4.78 is 0. The molecule has 1 aromatic heterocycles. The van der Waals surface area contributed by atoms with E-state index in [1.54, 1.807) is 0 Å². The molecule has 5 nitrogen and oxygen atoms in total. The number of aryl methyl sites for hydroxylation is 2. The summed E-state index contributed by atoms with van der Waals surface area (Å²) in [6, 6.07) is 12.8. The van der Waals surface area contributed by atoms with Gasteiger partial charge in [-0.25, -0.2) is 4.98 Å². The fourth-order valence-corrected chi connectivity index (χ4v) is 4.90. The molecule has 0 N–H and O–H groups in total. The number of rotatable bonds is 6. The summed E-state index contributed by atoms with van der Waals surface area (Å²) >= 11 is 0. The second-order valence-corrected chi connectivity index (χ2v) is 9.26. The van der Waals surface area contributed by atoms with E-state index in [1.807, 2.05) is 24.4 Å². The number of aromatic nitrogens is 1. The van der Waals surface area contributed by atoms with Crippen LogP contribution >= 0.6 is 0 Å². The van der Waals surface area contributed by atoms with Crippen LogP contribution in [0.4, 0.5) is 5.82 Å². The molecule has 0 bridgehead atoms. The molecule has 31 heavy (non-hydrogen) atoms. The van der Waals surface area contributed by atoms with Gasteiger partial charge in [-0.05, 0) is 74.4 Å². The molecule has 166 valence electrons. The van der Waals surface area contributed by atoms with Crippen molar-refractivity contribution in [1.82, 2.24) is 14.8 Å². The third-order valence-electron chi connectivity index (χ3n) is 6.95. The number of likely N-dealkylation sites (tertiary alicyclic amines) is 1. The van der Waals surface area contributed by atoms with E-state index in [0.717, 1.165) is 51.5 Å². The zero-order valence-corrected chi connectivity index (χ0v) is 19.1. The molecule has 2 aliphatic heterocycles. The van der Waals surface area contributed by atoms with Gasteiger partial charge in [0.15, 0.2) is 0 Å². The van der Waals surface area contributed by atoms with E-state index in [4.69, 9.17) is 0 Å². The van der Waals surface area contributed by atoms with Crippen LogP contribution in [-0.4, -0.2) is 60.0 Å². The highest BCUT2D eigenvalue weighted by atomic mass is 16.2. The first kappa shape index (κ1) is 21.8. The minimum atomic E-state index is 0.326. The van der Waals surface area contributed by atoms with Gasteiger partial charge in [-0.2, -0.15) is 0 Å². The Balaban J connectivity index is 1.21. The Hall–Kier alpha value is -2.40. The van der Waals surface area contributed by atoms with Crippen molar-refractivity contribution in [3.05, 3.63) is 59.3 Å². The SMILES string of the molecule is Cc1ccc(CN2CCC[C@@H](CCC(=O)N3CCN(c4ccccn4)CC3)C2)cc1C. The average Bonchev–Trinajstić information content (AvgIpc) is 2.81. The van der Waals surface area contributed by atoms with Gasteiger partial charge in [-0.3, -0.25) is 9.69 Å². The monoisotopic (exact) mass is 420 g/mol. The number of hydrogen-bond donors (Lipinski definition) is 0. The molecule has 2 aromatic rings. The average molecular weight is 421 g/mol. The Morgan fingerprint density at radius 1 is 1.03 bits per heavy atom. The number of nitrogens with zero attached hydrogens (tertiary/aromatic N) is 4. The molecule has 5 heteroatoms. The Kier molecular flexibility index (Phi) is 7.23.